The average molecular weight is 316 g/mol. The van der Waals surface area contributed by atoms with Crippen molar-refractivity contribution in [3.63, 3.8) is 0 Å². The topological polar surface area (TPSA) is 43.7 Å². The normalized spacial score (nSPS) is 27.0. The van der Waals surface area contributed by atoms with Gasteiger partial charge in [-0.3, -0.25) is 4.90 Å². The molecule has 5 heteroatoms. The first-order valence-electron chi connectivity index (χ1n) is 7.46. The molecule has 21 heavy (non-hydrogen) atoms. The lowest BCUT2D eigenvalue weighted by Gasteiger charge is -2.44. The van der Waals surface area contributed by atoms with Crippen LogP contribution in [0.2, 0.25) is 5.02 Å². The van der Waals surface area contributed by atoms with Gasteiger partial charge in [0.2, 0.25) is 0 Å². The fourth-order valence-corrected chi connectivity index (χ4v) is 3.32. The highest BCUT2D eigenvalue weighted by atomic mass is 35.5. The van der Waals surface area contributed by atoms with Crippen LogP contribution in [0.1, 0.15) is 31.7 Å². The van der Waals surface area contributed by atoms with E-state index in [0.29, 0.717) is 23.7 Å². The van der Waals surface area contributed by atoms with Gasteiger partial charge in [-0.2, -0.15) is 0 Å². The molecule has 118 valence electrons. The molecule has 2 atom stereocenters. The van der Waals surface area contributed by atoms with E-state index in [-0.39, 0.29) is 12.4 Å². The Morgan fingerprint density at radius 1 is 1.48 bits per heavy atom. The van der Waals surface area contributed by atoms with Crippen molar-refractivity contribution in [1.82, 2.24) is 4.90 Å². The number of halogens is 2. The second-order valence-electron chi connectivity index (χ2n) is 6.01. The average Bonchev–Trinajstić information content (AvgIpc) is 2.45. The van der Waals surface area contributed by atoms with Crippen LogP contribution in [0.15, 0.2) is 18.2 Å². The van der Waals surface area contributed by atoms with E-state index in [4.69, 9.17) is 11.6 Å². The zero-order chi connectivity index (χ0) is 15.5. The minimum absolute atomic E-state index is 0.00511. The monoisotopic (exact) mass is 315 g/mol. The van der Waals surface area contributed by atoms with Crippen molar-refractivity contribution in [1.29, 1.82) is 0 Å². The van der Waals surface area contributed by atoms with E-state index in [0.717, 1.165) is 25.8 Å². The van der Waals surface area contributed by atoms with Crippen molar-refractivity contribution in [3.8, 4) is 0 Å². The van der Waals surface area contributed by atoms with E-state index in [2.05, 4.69) is 6.92 Å². The van der Waals surface area contributed by atoms with Gasteiger partial charge >= 0.3 is 0 Å². The van der Waals surface area contributed by atoms with Crippen LogP contribution in [0.3, 0.4) is 0 Å². The third-order valence-corrected chi connectivity index (χ3v) is 4.77. The van der Waals surface area contributed by atoms with Crippen molar-refractivity contribution >= 4 is 11.6 Å². The van der Waals surface area contributed by atoms with Crippen LogP contribution in [-0.2, 0) is 6.54 Å². The Hall–Kier alpha value is -0.680. The van der Waals surface area contributed by atoms with Gasteiger partial charge in [0.25, 0.3) is 0 Å². The quantitative estimate of drug-likeness (QED) is 0.878. The molecule has 1 saturated heterocycles. The summed E-state index contributed by atoms with van der Waals surface area (Å²) in [6.45, 7) is 3.72. The summed E-state index contributed by atoms with van der Waals surface area (Å²) in [6, 6.07) is 4.67. The highest BCUT2D eigenvalue weighted by molar-refractivity contribution is 6.30. The minimum Gasteiger partial charge on any atom is -0.396 e. The van der Waals surface area contributed by atoms with Crippen molar-refractivity contribution in [2.75, 3.05) is 19.7 Å². The molecule has 0 radical (unpaired) electrons. The van der Waals surface area contributed by atoms with Crippen LogP contribution in [0.5, 0.6) is 0 Å². The highest BCUT2D eigenvalue weighted by Crippen LogP contribution is 2.36. The number of piperidine rings is 1. The SMILES string of the molecule is CCC[C@]1(CO)CCN(Cc2ccc(Cl)cc2F)C[C@H]1O. The number of nitrogens with zero attached hydrogens (tertiary/aromatic N) is 1. The summed E-state index contributed by atoms with van der Waals surface area (Å²) in [5, 5.41) is 20.4. The van der Waals surface area contributed by atoms with Crippen LogP contribution in [0.4, 0.5) is 4.39 Å². The van der Waals surface area contributed by atoms with Gasteiger partial charge in [0.05, 0.1) is 12.7 Å². The third-order valence-electron chi connectivity index (χ3n) is 4.54. The number of benzene rings is 1. The zero-order valence-electron chi connectivity index (χ0n) is 12.4. The Morgan fingerprint density at radius 2 is 2.24 bits per heavy atom. The van der Waals surface area contributed by atoms with Crippen molar-refractivity contribution in [3.05, 3.63) is 34.6 Å². The van der Waals surface area contributed by atoms with Crippen LogP contribution in [0.25, 0.3) is 0 Å². The summed E-state index contributed by atoms with van der Waals surface area (Å²) < 4.78 is 13.8. The largest absolute Gasteiger partial charge is 0.396 e. The van der Waals surface area contributed by atoms with E-state index >= 15 is 0 Å². The number of rotatable bonds is 5. The van der Waals surface area contributed by atoms with E-state index < -0.39 is 11.5 Å². The standard InChI is InChI=1S/C16H23ClFNO2/c1-2-5-16(11-20)6-7-19(10-15(16)21)9-12-3-4-13(17)8-14(12)18/h3-4,8,15,20-21H,2,5-7,9-11H2,1H3/t15-,16-/m1/s1. The van der Waals surface area contributed by atoms with Crippen LogP contribution >= 0.6 is 11.6 Å². The van der Waals surface area contributed by atoms with E-state index in [1.165, 1.54) is 6.07 Å². The van der Waals surface area contributed by atoms with E-state index in [1.54, 1.807) is 12.1 Å². The van der Waals surface area contributed by atoms with Crippen LogP contribution in [-0.4, -0.2) is 40.9 Å². The lowest BCUT2D eigenvalue weighted by molar-refractivity contribution is -0.0804. The van der Waals surface area contributed by atoms with Gasteiger partial charge in [0, 0.05) is 29.1 Å². The molecule has 0 spiro atoms. The van der Waals surface area contributed by atoms with Crippen molar-refractivity contribution in [2.24, 2.45) is 5.41 Å². The maximum absolute atomic E-state index is 13.8. The number of β-amino-alcohol motifs (C(OH)–C–C–N with tert-alkyl or cyclic N) is 1. The predicted molar refractivity (Wildman–Crippen MR) is 81.7 cm³/mol. The van der Waals surface area contributed by atoms with Crippen molar-refractivity contribution < 1.29 is 14.6 Å². The van der Waals surface area contributed by atoms with Gasteiger partial charge in [-0.15, -0.1) is 0 Å². The van der Waals surface area contributed by atoms with Crippen LogP contribution in [0, 0.1) is 11.2 Å². The first-order chi connectivity index (χ1) is 10.0. The molecule has 1 aromatic carbocycles. The number of aliphatic hydroxyl groups is 2. The molecule has 1 aliphatic heterocycles. The molecule has 0 unspecified atom stereocenters. The maximum Gasteiger partial charge on any atom is 0.129 e. The Balaban J connectivity index is 2.02. The number of likely N-dealkylation sites (tertiary alicyclic amines) is 1. The van der Waals surface area contributed by atoms with E-state index in [9.17, 15) is 14.6 Å². The second-order valence-corrected chi connectivity index (χ2v) is 6.44. The summed E-state index contributed by atoms with van der Waals surface area (Å²) in [5.41, 5.74) is 0.183. The lowest BCUT2D eigenvalue weighted by atomic mass is 9.73. The molecule has 0 amide bonds. The maximum atomic E-state index is 13.8. The molecule has 1 aliphatic rings. The van der Waals surface area contributed by atoms with Gasteiger partial charge in [0.15, 0.2) is 0 Å². The molecule has 0 bridgehead atoms. The molecule has 0 aliphatic carbocycles. The number of aliphatic hydroxyl groups excluding tert-OH is 2. The lowest BCUT2D eigenvalue weighted by Crippen LogP contribution is -2.52. The van der Waals surface area contributed by atoms with Gasteiger partial charge in [0.1, 0.15) is 5.82 Å². The summed E-state index contributed by atoms with van der Waals surface area (Å²) in [4.78, 5) is 2.03. The molecule has 3 nitrogen and oxygen atoms in total. The van der Waals surface area contributed by atoms with Crippen molar-refractivity contribution in [2.45, 2.75) is 38.8 Å². The predicted octanol–water partition coefficient (Wildman–Crippen LogP) is 2.82. The molecular weight excluding hydrogens is 293 g/mol. The van der Waals surface area contributed by atoms with Gasteiger partial charge in [-0.25, -0.2) is 4.39 Å². The van der Waals surface area contributed by atoms with E-state index in [1.807, 2.05) is 4.90 Å². The second kappa shape index (κ2) is 7.05. The smallest absolute Gasteiger partial charge is 0.129 e. The Kier molecular flexibility index (Phi) is 5.60. The summed E-state index contributed by atoms with van der Waals surface area (Å²) in [5.74, 6) is -0.315. The first-order valence-corrected chi connectivity index (χ1v) is 7.84. The minimum atomic E-state index is -0.577. The number of hydrogen-bond acceptors (Lipinski definition) is 3. The molecule has 1 heterocycles. The fourth-order valence-electron chi connectivity index (χ4n) is 3.16. The Labute approximate surface area is 130 Å². The molecule has 0 aromatic heterocycles. The van der Waals surface area contributed by atoms with Gasteiger partial charge < -0.3 is 10.2 Å². The molecular formula is C16H23ClFNO2. The molecule has 2 N–H and O–H groups in total. The third kappa shape index (κ3) is 3.75. The van der Waals surface area contributed by atoms with Gasteiger partial charge in [-0.05, 0) is 31.5 Å². The van der Waals surface area contributed by atoms with Gasteiger partial charge in [-0.1, -0.05) is 31.0 Å². The molecule has 1 aromatic rings. The fraction of sp³-hybridized carbons (Fsp3) is 0.625. The summed E-state index contributed by atoms with van der Waals surface area (Å²) in [6.07, 6.45) is 1.90. The molecule has 1 fully saturated rings. The molecule has 0 saturated carbocycles. The first kappa shape index (κ1) is 16.7. The Bertz CT molecular complexity index is 485. The highest BCUT2D eigenvalue weighted by Gasteiger charge is 2.41. The number of hydrogen-bond donors (Lipinski definition) is 2. The zero-order valence-corrected chi connectivity index (χ0v) is 13.1. The summed E-state index contributed by atoms with van der Waals surface area (Å²) >= 11 is 5.75. The summed E-state index contributed by atoms with van der Waals surface area (Å²) in [7, 11) is 0. The van der Waals surface area contributed by atoms with Crippen LogP contribution < -0.4 is 0 Å². The Morgan fingerprint density at radius 3 is 2.81 bits per heavy atom. The molecule has 2 rings (SSSR count).